The number of nitrogens with two attached hydrogens (primary N) is 1. The summed E-state index contributed by atoms with van der Waals surface area (Å²) in [5, 5.41) is 12.1. The van der Waals surface area contributed by atoms with Gasteiger partial charge in [0.05, 0.1) is 12.6 Å². The van der Waals surface area contributed by atoms with Crippen molar-refractivity contribution in [3.8, 4) is 0 Å². The molecule has 1 aromatic rings. The molecule has 72 valence electrons. The highest BCUT2D eigenvalue weighted by Crippen LogP contribution is 2.21. The van der Waals surface area contributed by atoms with Crippen molar-refractivity contribution >= 4 is 5.69 Å². The molecule has 0 saturated heterocycles. The first-order valence-electron chi connectivity index (χ1n) is 4.33. The predicted octanol–water partition coefficient (Wildman–Crippen LogP) is 0.830. The van der Waals surface area contributed by atoms with Crippen molar-refractivity contribution in [1.82, 2.24) is 5.32 Å². The molecule has 4 N–H and O–H groups in total. The zero-order valence-corrected chi connectivity index (χ0v) is 8.04. The van der Waals surface area contributed by atoms with Gasteiger partial charge in [-0.25, -0.2) is 0 Å². The molecule has 0 aliphatic carbocycles. The Bertz CT molecular complexity index is 282. The number of aliphatic hydroxyl groups excluding tert-OH is 1. The maximum Gasteiger partial charge on any atom is 0.0626 e. The summed E-state index contributed by atoms with van der Waals surface area (Å²) in [4.78, 5) is 0. The standard InChI is InChI=1S/C10H16N2O/c1-7-8(10(6-13)12-2)4-3-5-9(7)11/h3-5,10,12-13H,6,11H2,1-2H3. The molecule has 1 aromatic carbocycles. The molecule has 1 rings (SSSR count). The molecule has 0 saturated carbocycles. The number of benzene rings is 1. The van der Waals surface area contributed by atoms with E-state index in [1.165, 1.54) is 0 Å². The highest BCUT2D eigenvalue weighted by atomic mass is 16.3. The Morgan fingerprint density at radius 2 is 2.23 bits per heavy atom. The number of aliphatic hydroxyl groups is 1. The number of hydrogen-bond donors (Lipinski definition) is 3. The van der Waals surface area contributed by atoms with Crippen molar-refractivity contribution in [3.05, 3.63) is 29.3 Å². The second-order valence-electron chi connectivity index (χ2n) is 3.09. The predicted molar refractivity (Wildman–Crippen MR) is 54.5 cm³/mol. The van der Waals surface area contributed by atoms with E-state index < -0.39 is 0 Å². The van der Waals surface area contributed by atoms with E-state index in [0.29, 0.717) is 0 Å². The van der Waals surface area contributed by atoms with Crippen LogP contribution in [0.4, 0.5) is 5.69 Å². The summed E-state index contributed by atoms with van der Waals surface area (Å²) in [6.45, 7) is 2.05. The number of hydrogen-bond acceptors (Lipinski definition) is 3. The van der Waals surface area contributed by atoms with Gasteiger partial charge >= 0.3 is 0 Å². The van der Waals surface area contributed by atoms with E-state index in [4.69, 9.17) is 10.8 Å². The summed E-state index contributed by atoms with van der Waals surface area (Å²) in [5.41, 5.74) is 8.63. The Hall–Kier alpha value is -1.06. The first-order chi connectivity index (χ1) is 6.20. The molecule has 0 aliphatic rings. The summed E-state index contributed by atoms with van der Waals surface area (Å²) in [5.74, 6) is 0. The average molecular weight is 180 g/mol. The van der Waals surface area contributed by atoms with Crippen LogP contribution in [0.5, 0.6) is 0 Å². The van der Waals surface area contributed by atoms with E-state index in [1.807, 2.05) is 32.2 Å². The van der Waals surface area contributed by atoms with Gasteiger partial charge in [-0.2, -0.15) is 0 Å². The fourth-order valence-corrected chi connectivity index (χ4v) is 1.39. The lowest BCUT2D eigenvalue weighted by Gasteiger charge is -2.17. The molecule has 3 nitrogen and oxygen atoms in total. The summed E-state index contributed by atoms with van der Waals surface area (Å²) in [7, 11) is 1.82. The maximum atomic E-state index is 9.09. The minimum absolute atomic E-state index is 0.0245. The summed E-state index contributed by atoms with van der Waals surface area (Å²) >= 11 is 0. The van der Waals surface area contributed by atoms with Crippen molar-refractivity contribution in [2.45, 2.75) is 13.0 Å². The van der Waals surface area contributed by atoms with Crippen LogP contribution in [0.25, 0.3) is 0 Å². The van der Waals surface area contributed by atoms with Crippen molar-refractivity contribution in [2.24, 2.45) is 0 Å². The Morgan fingerprint density at radius 3 is 2.77 bits per heavy atom. The van der Waals surface area contributed by atoms with E-state index in [2.05, 4.69) is 5.32 Å². The molecular weight excluding hydrogens is 164 g/mol. The molecule has 0 amide bonds. The van der Waals surface area contributed by atoms with Crippen molar-refractivity contribution in [1.29, 1.82) is 0 Å². The highest BCUT2D eigenvalue weighted by molar-refractivity contribution is 5.50. The van der Waals surface area contributed by atoms with E-state index in [9.17, 15) is 0 Å². The van der Waals surface area contributed by atoms with Crippen LogP contribution in [0.1, 0.15) is 17.2 Å². The van der Waals surface area contributed by atoms with Crippen LogP contribution in [0, 0.1) is 6.92 Å². The van der Waals surface area contributed by atoms with Crippen LogP contribution in [0.3, 0.4) is 0 Å². The lowest BCUT2D eigenvalue weighted by Crippen LogP contribution is -2.21. The topological polar surface area (TPSA) is 58.3 Å². The van der Waals surface area contributed by atoms with Crippen molar-refractivity contribution < 1.29 is 5.11 Å². The number of nitrogen functional groups attached to an aromatic ring is 1. The van der Waals surface area contributed by atoms with E-state index in [1.54, 1.807) is 0 Å². The van der Waals surface area contributed by atoms with Gasteiger partial charge in [0.1, 0.15) is 0 Å². The van der Waals surface area contributed by atoms with Gasteiger partial charge in [0.15, 0.2) is 0 Å². The minimum Gasteiger partial charge on any atom is -0.399 e. The van der Waals surface area contributed by atoms with E-state index in [0.717, 1.165) is 16.8 Å². The van der Waals surface area contributed by atoms with Crippen LogP contribution in [0.2, 0.25) is 0 Å². The number of anilines is 1. The van der Waals surface area contributed by atoms with Crippen LogP contribution >= 0.6 is 0 Å². The van der Waals surface area contributed by atoms with Gasteiger partial charge in [0.25, 0.3) is 0 Å². The van der Waals surface area contributed by atoms with Crippen molar-refractivity contribution in [2.75, 3.05) is 19.4 Å². The third-order valence-electron chi connectivity index (χ3n) is 2.32. The summed E-state index contributed by atoms with van der Waals surface area (Å²) < 4.78 is 0. The lowest BCUT2D eigenvalue weighted by molar-refractivity contribution is 0.250. The Labute approximate surface area is 78.6 Å². The zero-order chi connectivity index (χ0) is 9.84. The molecular formula is C10H16N2O. The molecule has 1 atom stereocenters. The van der Waals surface area contributed by atoms with Gasteiger partial charge < -0.3 is 16.2 Å². The molecule has 0 aliphatic heterocycles. The molecule has 13 heavy (non-hydrogen) atoms. The number of rotatable bonds is 3. The smallest absolute Gasteiger partial charge is 0.0626 e. The van der Waals surface area contributed by atoms with E-state index in [-0.39, 0.29) is 12.6 Å². The van der Waals surface area contributed by atoms with Gasteiger partial charge in [-0.15, -0.1) is 0 Å². The Morgan fingerprint density at radius 1 is 1.54 bits per heavy atom. The fourth-order valence-electron chi connectivity index (χ4n) is 1.39. The third kappa shape index (κ3) is 1.99. The SMILES string of the molecule is CNC(CO)c1cccc(N)c1C. The Balaban J connectivity index is 3.05. The lowest BCUT2D eigenvalue weighted by atomic mass is 10.0. The number of likely N-dealkylation sites (N-methyl/N-ethyl adjacent to an activating group) is 1. The van der Waals surface area contributed by atoms with Gasteiger partial charge in [-0.3, -0.25) is 0 Å². The van der Waals surface area contributed by atoms with Crippen LogP contribution in [0.15, 0.2) is 18.2 Å². The summed E-state index contributed by atoms with van der Waals surface area (Å²) in [6, 6.07) is 5.72. The molecule has 3 heteroatoms. The van der Waals surface area contributed by atoms with Gasteiger partial charge in [-0.05, 0) is 31.2 Å². The average Bonchev–Trinajstić information content (AvgIpc) is 2.14. The molecule has 0 heterocycles. The number of nitrogens with one attached hydrogen (secondary N) is 1. The minimum atomic E-state index is -0.0245. The normalized spacial score (nSPS) is 12.8. The molecule has 0 aromatic heterocycles. The fraction of sp³-hybridized carbons (Fsp3) is 0.400. The third-order valence-corrected chi connectivity index (χ3v) is 2.32. The molecule has 0 spiro atoms. The summed E-state index contributed by atoms with van der Waals surface area (Å²) in [6.07, 6.45) is 0. The van der Waals surface area contributed by atoms with Crippen LogP contribution < -0.4 is 11.1 Å². The quantitative estimate of drug-likeness (QED) is 0.604. The zero-order valence-electron chi connectivity index (χ0n) is 8.04. The van der Waals surface area contributed by atoms with Gasteiger partial charge in [-0.1, -0.05) is 12.1 Å². The van der Waals surface area contributed by atoms with Crippen molar-refractivity contribution in [3.63, 3.8) is 0 Å². The Kier molecular flexibility index (Phi) is 3.28. The largest absolute Gasteiger partial charge is 0.399 e. The molecule has 0 fully saturated rings. The molecule has 0 radical (unpaired) electrons. The highest BCUT2D eigenvalue weighted by Gasteiger charge is 2.10. The first kappa shape index (κ1) is 10.0. The second kappa shape index (κ2) is 4.25. The first-order valence-corrected chi connectivity index (χ1v) is 4.33. The van der Waals surface area contributed by atoms with Gasteiger partial charge in [0, 0.05) is 5.69 Å². The monoisotopic (exact) mass is 180 g/mol. The second-order valence-corrected chi connectivity index (χ2v) is 3.09. The van der Waals surface area contributed by atoms with Crippen LogP contribution in [-0.4, -0.2) is 18.8 Å². The maximum absolute atomic E-state index is 9.09. The van der Waals surface area contributed by atoms with E-state index >= 15 is 0 Å². The molecule has 0 bridgehead atoms. The van der Waals surface area contributed by atoms with Gasteiger partial charge in [0.2, 0.25) is 0 Å². The molecule has 1 unspecified atom stereocenters. The van der Waals surface area contributed by atoms with Crippen LogP contribution in [-0.2, 0) is 0 Å².